The monoisotopic (exact) mass is 352 g/mol. The van der Waals surface area contributed by atoms with Crippen LogP contribution in [0.25, 0.3) is 0 Å². The van der Waals surface area contributed by atoms with Crippen molar-refractivity contribution in [2.24, 2.45) is 0 Å². The van der Waals surface area contributed by atoms with Crippen LogP contribution in [0.1, 0.15) is 33.1 Å². The van der Waals surface area contributed by atoms with E-state index in [0.717, 1.165) is 0 Å². The van der Waals surface area contributed by atoms with Gasteiger partial charge in [-0.15, -0.1) is 0 Å². The van der Waals surface area contributed by atoms with Crippen molar-refractivity contribution in [3.63, 3.8) is 0 Å². The van der Waals surface area contributed by atoms with Crippen LogP contribution in [0.15, 0.2) is 0 Å². The summed E-state index contributed by atoms with van der Waals surface area (Å²) in [6, 6.07) is 0. The summed E-state index contributed by atoms with van der Waals surface area (Å²) >= 11 is 0. The fourth-order valence-electron chi connectivity index (χ4n) is 2.01. The molecular formula is C14H20O10. The highest BCUT2D eigenvalue weighted by atomic mass is 16.7. The smallest absolute Gasteiger partial charge is 0.305 e. The maximum Gasteiger partial charge on any atom is 0.305 e. The Labute approximate surface area is 143 Å². The average molecular weight is 352 g/mol. The van der Waals surface area contributed by atoms with E-state index in [9.17, 15) is 24.3 Å². The second-order valence-corrected chi connectivity index (χ2v) is 4.62. The summed E-state index contributed by atoms with van der Waals surface area (Å²) in [7, 11) is 0. The number of aliphatic hydroxyl groups excluding tert-OH is 1. The van der Waals surface area contributed by atoms with E-state index in [4.69, 9.17) is 29.2 Å². The highest BCUT2D eigenvalue weighted by Crippen LogP contribution is 2.27. The summed E-state index contributed by atoms with van der Waals surface area (Å²) in [5.74, 6) is -4.23. The molecule has 0 aliphatic carbocycles. The molecule has 0 amide bonds. The van der Waals surface area contributed by atoms with E-state index in [1.54, 1.807) is 0 Å². The van der Waals surface area contributed by atoms with Gasteiger partial charge in [0.05, 0.1) is 0 Å². The molecule has 0 radical (unpaired) electrons. The number of hydrogen-bond donors (Lipinski definition) is 1. The first kappa shape index (κ1) is 14.2. The standard InChI is InChI=1S/C14H20O10/c1-6(15)20-5-10-12(21-7(2)16)13(22-8(3)17)11(19)14(24-10)23-9(4)18/h10-14,19H,5H2,1-4H3/t10-,11-,12+,13-,14?/m1/s1/i1D,2D,3D,4D. The van der Waals surface area contributed by atoms with Gasteiger partial charge in [-0.2, -0.15) is 0 Å². The fraction of sp³-hybridized carbons (Fsp3) is 0.714. The van der Waals surface area contributed by atoms with Crippen LogP contribution in [-0.2, 0) is 42.9 Å². The minimum absolute atomic E-state index is 0.621. The van der Waals surface area contributed by atoms with Gasteiger partial charge >= 0.3 is 23.9 Å². The lowest BCUT2D eigenvalue weighted by Crippen LogP contribution is -2.62. The zero-order valence-electron chi connectivity index (χ0n) is 16.5. The Bertz CT molecular complexity index is 556. The predicted molar refractivity (Wildman–Crippen MR) is 74.2 cm³/mol. The highest BCUT2D eigenvalue weighted by molar-refractivity contribution is 5.68. The van der Waals surface area contributed by atoms with Crippen molar-refractivity contribution in [2.45, 2.75) is 58.3 Å². The molecule has 136 valence electrons. The Morgan fingerprint density at radius 3 is 2.04 bits per heavy atom. The van der Waals surface area contributed by atoms with Crippen molar-refractivity contribution >= 4 is 23.9 Å². The number of esters is 4. The largest absolute Gasteiger partial charge is 0.463 e. The predicted octanol–water partition coefficient (Wildman–Crippen LogP) is -0.938. The van der Waals surface area contributed by atoms with Crippen LogP contribution in [0.5, 0.6) is 0 Å². The number of aliphatic hydroxyl groups is 1. The summed E-state index contributed by atoms with van der Waals surface area (Å²) in [5, 5.41) is 10.3. The molecule has 1 N–H and O–H groups in total. The Balaban J connectivity index is 3.14. The van der Waals surface area contributed by atoms with Gasteiger partial charge in [0.2, 0.25) is 6.29 Å². The van der Waals surface area contributed by atoms with Crippen molar-refractivity contribution in [2.75, 3.05) is 6.61 Å². The first-order valence-corrected chi connectivity index (χ1v) is 6.51. The third-order valence-electron chi connectivity index (χ3n) is 2.81. The first-order chi connectivity index (χ1) is 13.3. The number of carbonyl (C=O) groups is 4. The van der Waals surface area contributed by atoms with E-state index in [1.807, 2.05) is 0 Å². The highest BCUT2D eigenvalue weighted by Gasteiger charge is 2.51. The molecule has 0 bridgehead atoms. The average Bonchev–Trinajstić information content (AvgIpc) is 2.70. The summed E-state index contributed by atoms with van der Waals surface area (Å²) in [5.41, 5.74) is 0. The normalized spacial score (nSPS) is 31.5. The van der Waals surface area contributed by atoms with Gasteiger partial charge in [-0.05, 0) is 0 Å². The molecule has 10 heteroatoms. The summed E-state index contributed by atoms with van der Waals surface area (Å²) in [4.78, 5) is 45.7. The number of rotatable bonds is 5. The van der Waals surface area contributed by atoms with Gasteiger partial charge in [-0.3, -0.25) is 19.2 Å². The molecule has 1 heterocycles. The summed E-state index contributed by atoms with van der Waals surface area (Å²) in [6.45, 7) is -3.80. The molecule has 1 aliphatic heterocycles. The molecule has 0 aromatic carbocycles. The van der Waals surface area contributed by atoms with Gasteiger partial charge in [-0.1, -0.05) is 0 Å². The molecule has 24 heavy (non-hydrogen) atoms. The van der Waals surface area contributed by atoms with E-state index >= 15 is 0 Å². The van der Waals surface area contributed by atoms with Gasteiger partial charge < -0.3 is 28.8 Å². The number of ether oxygens (including phenoxy) is 5. The first-order valence-electron chi connectivity index (χ1n) is 9.34. The molecule has 1 aliphatic rings. The Morgan fingerprint density at radius 2 is 1.46 bits per heavy atom. The molecule has 1 fully saturated rings. The number of carbonyl (C=O) groups excluding carboxylic acids is 4. The van der Waals surface area contributed by atoms with Crippen LogP contribution < -0.4 is 0 Å². The number of hydrogen-bond acceptors (Lipinski definition) is 10. The molecule has 10 nitrogen and oxygen atoms in total. The maximum atomic E-state index is 11.6. The quantitative estimate of drug-likeness (QED) is 0.488. The summed E-state index contributed by atoms with van der Waals surface area (Å²) in [6.07, 6.45) is -8.26. The van der Waals surface area contributed by atoms with E-state index < -0.39 is 88.8 Å². The second-order valence-electron chi connectivity index (χ2n) is 4.62. The van der Waals surface area contributed by atoms with Gasteiger partial charge in [0.25, 0.3) is 0 Å². The molecule has 0 aromatic rings. The third-order valence-corrected chi connectivity index (χ3v) is 2.81. The minimum Gasteiger partial charge on any atom is -0.463 e. The van der Waals surface area contributed by atoms with Crippen molar-refractivity contribution < 1.29 is 53.5 Å². The minimum atomic E-state index is -1.86. The molecular weight excluding hydrogens is 328 g/mol. The van der Waals surface area contributed by atoms with Gasteiger partial charge in [-0.25, -0.2) is 0 Å². The van der Waals surface area contributed by atoms with Crippen molar-refractivity contribution in [1.82, 2.24) is 0 Å². The molecule has 0 aromatic heterocycles. The Hall–Kier alpha value is -2.20. The van der Waals surface area contributed by atoms with Crippen LogP contribution in [0.4, 0.5) is 0 Å². The molecule has 1 rings (SSSR count). The van der Waals surface area contributed by atoms with Crippen LogP contribution in [0.3, 0.4) is 0 Å². The van der Waals surface area contributed by atoms with Crippen LogP contribution in [0, 0.1) is 0 Å². The van der Waals surface area contributed by atoms with E-state index in [2.05, 4.69) is 0 Å². The molecule has 0 saturated carbocycles. The Morgan fingerprint density at radius 1 is 0.917 bits per heavy atom. The lowest BCUT2D eigenvalue weighted by atomic mass is 9.98. The zero-order valence-corrected chi connectivity index (χ0v) is 12.5. The SMILES string of the molecule is [2H]CC(=O)OC[C@H]1OC(OC(=O)C[2H])[C@H](O)[C@@H](OC(=O)C[2H])[C@H]1OC(=O)C[2H]. The summed E-state index contributed by atoms with van der Waals surface area (Å²) < 4.78 is 52.6. The molecule has 1 saturated heterocycles. The van der Waals surface area contributed by atoms with Gasteiger partial charge in [0.15, 0.2) is 18.3 Å². The van der Waals surface area contributed by atoms with Crippen LogP contribution in [-0.4, -0.2) is 66.3 Å². The van der Waals surface area contributed by atoms with Crippen LogP contribution in [0.2, 0.25) is 0 Å². The van der Waals surface area contributed by atoms with Gasteiger partial charge in [0.1, 0.15) is 12.7 Å². The molecule has 0 spiro atoms. The topological polar surface area (TPSA) is 135 Å². The second kappa shape index (κ2) is 8.60. The van der Waals surface area contributed by atoms with Crippen molar-refractivity contribution in [3.8, 4) is 0 Å². The lowest BCUT2D eigenvalue weighted by molar-refractivity contribution is -0.297. The third kappa shape index (κ3) is 5.78. The van der Waals surface area contributed by atoms with E-state index in [-0.39, 0.29) is 0 Å². The van der Waals surface area contributed by atoms with Crippen LogP contribution >= 0.6 is 0 Å². The fourth-order valence-corrected chi connectivity index (χ4v) is 2.01. The Kier molecular flexibility index (Phi) is 5.07. The van der Waals surface area contributed by atoms with E-state index in [0.29, 0.717) is 0 Å². The lowest BCUT2D eigenvalue weighted by Gasteiger charge is -2.42. The molecule has 5 atom stereocenters. The molecule has 1 unspecified atom stereocenters. The van der Waals surface area contributed by atoms with Crippen molar-refractivity contribution in [1.29, 1.82) is 0 Å². The zero-order chi connectivity index (χ0) is 21.3. The van der Waals surface area contributed by atoms with Crippen molar-refractivity contribution in [3.05, 3.63) is 0 Å². The maximum absolute atomic E-state index is 11.6. The van der Waals surface area contributed by atoms with Gasteiger partial charge in [0, 0.05) is 33.1 Å². The van der Waals surface area contributed by atoms with E-state index in [1.165, 1.54) is 0 Å².